The van der Waals surface area contributed by atoms with Gasteiger partial charge in [-0.25, -0.2) is 0 Å². The number of aliphatic hydroxyl groups excluding tert-OH is 1. The van der Waals surface area contributed by atoms with Gasteiger partial charge in [-0.3, -0.25) is 0 Å². The van der Waals surface area contributed by atoms with E-state index in [-0.39, 0.29) is 12.6 Å². The van der Waals surface area contributed by atoms with Crippen LogP contribution in [0, 0.1) is 0 Å². The van der Waals surface area contributed by atoms with Crippen molar-refractivity contribution in [3.63, 3.8) is 0 Å². The Kier molecular flexibility index (Phi) is 7.63. The molecule has 0 saturated carbocycles. The summed E-state index contributed by atoms with van der Waals surface area (Å²) in [5.41, 5.74) is 1.00. The fourth-order valence-electron chi connectivity index (χ4n) is 1.62. The molecule has 1 rings (SSSR count). The van der Waals surface area contributed by atoms with E-state index in [0.717, 1.165) is 18.5 Å². The molecule has 0 aliphatic heterocycles. The molecule has 3 nitrogen and oxygen atoms in total. The zero-order chi connectivity index (χ0) is 13.4. The maximum Gasteiger partial charge on any atom is 0.0697 e. The Morgan fingerprint density at radius 1 is 1.33 bits per heavy atom. The van der Waals surface area contributed by atoms with E-state index >= 15 is 0 Å². The topological polar surface area (TPSA) is 41.5 Å². The second-order valence-electron chi connectivity index (χ2n) is 4.01. The average molecular weight is 292 g/mol. The molecule has 0 heterocycles. The number of nitrogens with one attached hydrogen (secondary N) is 1. The molecule has 1 aromatic rings. The fourth-order valence-corrected chi connectivity index (χ4v) is 2.10. The highest BCUT2D eigenvalue weighted by molar-refractivity contribution is 6.42. The van der Waals surface area contributed by atoms with Gasteiger partial charge in [0.2, 0.25) is 0 Å². The molecule has 0 aromatic heterocycles. The maximum atomic E-state index is 8.55. The molecule has 0 spiro atoms. The van der Waals surface area contributed by atoms with Gasteiger partial charge >= 0.3 is 0 Å². The quantitative estimate of drug-likeness (QED) is 0.724. The SMILES string of the molecule is CC(NCCCOCCO)c1cccc(Cl)c1Cl. The molecule has 0 aliphatic rings. The van der Waals surface area contributed by atoms with Crippen LogP contribution in [0.5, 0.6) is 0 Å². The number of aliphatic hydroxyl groups is 1. The van der Waals surface area contributed by atoms with Crippen molar-refractivity contribution in [1.82, 2.24) is 5.32 Å². The van der Waals surface area contributed by atoms with Crippen LogP contribution in [-0.4, -0.2) is 31.5 Å². The Morgan fingerprint density at radius 3 is 2.83 bits per heavy atom. The van der Waals surface area contributed by atoms with Gasteiger partial charge in [-0.2, -0.15) is 0 Å². The Balaban J connectivity index is 2.32. The third-order valence-corrected chi connectivity index (χ3v) is 3.43. The summed E-state index contributed by atoms with van der Waals surface area (Å²) in [5, 5.41) is 13.1. The first kappa shape index (κ1) is 15.7. The lowest BCUT2D eigenvalue weighted by Crippen LogP contribution is -2.21. The highest BCUT2D eigenvalue weighted by Crippen LogP contribution is 2.29. The van der Waals surface area contributed by atoms with Crippen LogP contribution >= 0.6 is 23.2 Å². The van der Waals surface area contributed by atoms with E-state index in [1.165, 1.54) is 0 Å². The second-order valence-corrected chi connectivity index (χ2v) is 4.79. The summed E-state index contributed by atoms with van der Waals surface area (Å²) in [7, 11) is 0. The van der Waals surface area contributed by atoms with Crippen molar-refractivity contribution in [3.8, 4) is 0 Å². The number of rotatable bonds is 8. The van der Waals surface area contributed by atoms with Crippen molar-refractivity contribution in [2.24, 2.45) is 0 Å². The predicted molar refractivity (Wildman–Crippen MR) is 75.4 cm³/mol. The molecule has 0 aliphatic carbocycles. The van der Waals surface area contributed by atoms with Crippen LogP contribution in [0.1, 0.15) is 24.9 Å². The highest BCUT2D eigenvalue weighted by atomic mass is 35.5. The van der Waals surface area contributed by atoms with Gasteiger partial charge in [0.05, 0.1) is 23.3 Å². The third kappa shape index (κ3) is 5.12. The third-order valence-electron chi connectivity index (χ3n) is 2.60. The van der Waals surface area contributed by atoms with E-state index in [1.54, 1.807) is 6.07 Å². The molecule has 0 radical (unpaired) electrons. The van der Waals surface area contributed by atoms with E-state index in [1.807, 2.05) is 19.1 Å². The van der Waals surface area contributed by atoms with Crippen molar-refractivity contribution in [1.29, 1.82) is 0 Å². The van der Waals surface area contributed by atoms with Crippen LogP contribution in [0.15, 0.2) is 18.2 Å². The monoisotopic (exact) mass is 291 g/mol. The average Bonchev–Trinajstić information content (AvgIpc) is 2.36. The predicted octanol–water partition coefficient (Wildman–Crippen LogP) is 3.04. The van der Waals surface area contributed by atoms with Gasteiger partial charge in [0.25, 0.3) is 0 Å². The zero-order valence-electron chi connectivity index (χ0n) is 10.5. The molecule has 5 heteroatoms. The highest BCUT2D eigenvalue weighted by Gasteiger charge is 2.10. The summed E-state index contributed by atoms with van der Waals surface area (Å²) < 4.78 is 5.18. The molecule has 2 N–H and O–H groups in total. The second kappa shape index (κ2) is 8.73. The van der Waals surface area contributed by atoms with Crippen LogP contribution in [0.4, 0.5) is 0 Å². The molecule has 0 bridgehead atoms. The van der Waals surface area contributed by atoms with E-state index in [9.17, 15) is 0 Å². The molecule has 0 amide bonds. The van der Waals surface area contributed by atoms with Gasteiger partial charge in [0, 0.05) is 12.6 Å². The van der Waals surface area contributed by atoms with Gasteiger partial charge in [-0.15, -0.1) is 0 Å². The molecular formula is C13H19Cl2NO2. The fraction of sp³-hybridized carbons (Fsp3) is 0.538. The van der Waals surface area contributed by atoms with Crippen molar-refractivity contribution < 1.29 is 9.84 Å². The van der Waals surface area contributed by atoms with E-state index in [2.05, 4.69) is 5.32 Å². The minimum atomic E-state index is 0.0714. The van der Waals surface area contributed by atoms with Crippen molar-refractivity contribution >= 4 is 23.2 Å². The molecule has 0 fully saturated rings. The number of hydrogen-bond acceptors (Lipinski definition) is 3. The lowest BCUT2D eigenvalue weighted by Gasteiger charge is -2.16. The lowest BCUT2D eigenvalue weighted by atomic mass is 10.1. The summed E-state index contributed by atoms with van der Waals surface area (Å²) in [4.78, 5) is 0. The molecule has 18 heavy (non-hydrogen) atoms. The minimum Gasteiger partial charge on any atom is -0.394 e. The maximum absolute atomic E-state index is 8.55. The van der Waals surface area contributed by atoms with Crippen LogP contribution in [-0.2, 0) is 4.74 Å². The first-order chi connectivity index (χ1) is 8.66. The summed E-state index contributed by atoms with van der Waals surface area (Å²) in [6, 6.07) is 5.79. The Hall–Kier alpha value is -0.320. The number of hydrogen-bond donors (Lipinski definition) is 2. The van der Waals surface area contributed by atoms with Crippen LogP contribution in [0.25, 0.3) is 0 Å². The van der Waals surface area contributed by atoms with Crippen molar-refractivity contribution in [3.05, 3.63) is 33.8 Å². The molecule has 1 atom stereocenters. The zero-order valence-corrected chi connectivity index (χ0v) is 12.0. The van der Waals surface area contributed by atoms with Crippen LogP contribution in [0.2, 0.25) is 10.0 Å². The number of benzene rings is 1. The van der Waals surface area contributed by atoms with Gasteiger partial charge < -0.3 is 15.2 Å². The lowest BCUT2D eigenvalue weighted by molar-refractivity contribution is 0.0904. The minimum absolute atomic E-state index is 0.0714. The number of ether oxygens (including phenoxy) is 1. The van der Waals surface area contributed by atoms with Gasteiger partial charge in [-0.1, -0.05) is 35.3 Å². The Morgan fingerprint density at radius 2 is 2.11 bits per heavy atom. The number of halogens is 2. The molecule has 0 saturated heterocycles. The van der Waals surface area contributed by atoms with E-state index < -0.39 is 0 Å². The molecular weight excluding hydrogens is 273 g/mol. The Labute approximate surface area is 118 Å². The van der Waals surface area contributed by atoms with Gasteiger partial charge in [0.15, 0.2) is 0 Å². The largest absolute Gasteiger partial charge is 0.394 e. The summed E-state index contributed by atoms with van der Waals surface area (Å²) in [6.07, 6.45) is 0.891. The Bertz CT molecular complexity index is 361. The van der Waals surface area contributed by atoms with E-state index in [4.69, 9.17) is 33.0 Å². The van der Waals surface area contributed by atoms with Gasteiger partial charge in [-0.05, 0) is 31.5 Å². The smallest absolute Gasteiger partial charge is 0.0697 e. The molecule has 1 aromatic carbocycles. The molecule has 1 unspecified atom stereocenters. The van der Waals surface area contributed by atoms with E-state index in [0.29, 0.717) is 23.3 Å². The van der Waals surface area contributed by atoms with Gasteiger partial charge in [0.1, 0.15) is 0 Å². The molecule has 102 valence electrons. The normalized spacial score (nSPS) is 12.7. The van der Waals surface area contributed by atoms with Crippen LogP contribution in [0.3, 0.4) is 0 Å². The van der Waals surface area contributed by atoms with Crippen molar-refractivity contribution in [2.45, 2.75) is 19.4 Å². The van der Waals surface area contributed by atoms with Crippen molar-refractivity contribution in [2.75, 3.05) is 26.4 Å². The summed E-state index contributed by atoms with van der Waals surface area (Å²) in [5.74, 6) is 0. The summed E-state index contributed by atoms with van der Waals surface area (Å²) in [6.45, 7) is 3.99. The summed E-state index contributed by atoms with van der Waals surface area (Å²) >= 11 is 12.1. The first-order valence-electron chi connectivity index (χ1n) is 6.02. The standard InChI is InChI=1S/C13H19Cl2NO2/c1-10(16-6-3-8-18-9-7-17)11-4-2-5-12(14)13(11)15/h2,4-5,10,16-17H,3,6-9H2,1H3. The van der Waals surface area contributed by atoms with Crippen LogP contribution < -0.4 is 5.32 Å². The first-order valence-corrected chi connectivity index (χ1v) is 6.78.